The number of aliphatic carboxylic acids is 1. The fourth-order valence-corrected chi connectivity index (χ4v) is 1.98. The van der Waals surface area contributed by atoms with Gasteiger partial charge in [0, 0.05) is 5.56 Å². The summed E-state index contributed by atoms with van der Waals surface area (Å²) in [5.74, 6) is -1.54. The Kier molecular flexibility index (Phi) is 4.02. The van der Waals surface area contributed by atoms with E-state index in [0.29, 0.717) is 12.0 Å². The third kappa shape index (κ3) is 2.79. The van der Waals surface area contributed by atoms with Gasteiger partial charge in [-0.25, -0.2) is 9.78 Å². The van der Waals surface area contributed by atoms with Crippen LogP contribution in [0.25, 0.3) is 11.0 Å². The van der Waals surface area contributed by atoms with Crippen molar-refractivity contribution < 1.29 is 14.7 Å². The monoisotopic (exact) mass is 275 g/mol. The first kappa shape index (κ1) is 14.0. The Hall–Kier alpha value is -2.37. The Bertz CT molecular complexity index is 635. The molecule has 20 heavy (non-hydrogen) atoms. The van der Waals surface area contributed by atoms with Crippen LogP contribution in [0.15, 0.2) is 24.5 Å². The molecule has 0 saturated heterocycles. The van der Waals surface area contributed by atoms with Crippen molar-refractivity contribution in [2.24, 2.45) is 5.92 Å². The first-order valence-electron chi connectivity index (χ1n) is 6.49. The molecule has 2 atom stereocenters. The highest BCUT2D eigenvalue weighted by atomic mass is 16.4. The van der Waals surface area contributed by atoms with Gasteiger partial charge in [-0.15, -0.1) is 0 Å². The fraction of sp³-hybridized carbons (Fsp3) is 0.357. The van der Waals surface area contributed by atoms with Crippen LogP contribution >= 0.6 is 0 Å². The Labute approximate surface area is 116 Å². The summed E-state index contributed by atoms with van der Waals surface area (Å²) in [5, 5.41) is 11.7. The lowest BCUT2D eigenvalue weighted by atomic mass is 9.99. The maximum Gasteiger partial charge on any atom is 0.326 e. The molecule has 0 fully saturated rings. The first-order chi connectivity index (χ1) is 9.52. The summed E-state index contributed by atoms with van der Waals surface area (Å²) < 4.78 is 0. The van der Waals surface area contributed by atoms with Gasteiger partial charge in [-0.1, -0.05) is 20.3 Å². The molecule has 0 aliphatic heterocycles. The lowest BCUT2D eigenvalue weighted by Crippen LogP contribution is -2.45. The van der Waals surface area contributed by atoms with E-state index in [4.69, 9.17) is 0 Å². The molecule has 0 saturated carbocycles. The molecular weight excluding hydrogens is 258 g/mol. The number of benzene rings is 1. The van der Waals surface area contributed by atoms with Gasteiger partial charge in [-0.2, -0.15) is 0 Å². The summed E-state index contributed by atoms with van der Waals surface area (Å²) in [6.07, 6.45) is 2.22. The van der Waals surface area contributed by atoms with Gasteiger partial charge < -0.3 is 15.4 Å². The van der Waals surface area contributed by atoms with Crippen molar-refractivity contribution in [3.05, 3.63) is 30.1 Å². The molecule has 2 rings (SSSR count). The standard InChI is InChI=1S/C14H17N3O3/c1-3-8(2)12(14(19)20)17-13(18)9-4-5-10-11(6-9)16-7-15-10/h4-8,12H,3H2,1-2H3,(H,15,16)(H,17,18)(H,19,20)/t8-,12-/m0/s1. The number of amides is 1. The smallest absolute Gasteiger partial charge is 0.326 e. The van der Waals surface area contributed by atoms with E-state index in [2.05, 4.69) is 15.3 Å². The molecule has 0 unspecified atom stereocenters. The van der Waals surface area contributed by atoms with Crippen LogP contribution in [-0.4, -0.2) is 33.0 Å². The molecule has 1 aromatic carbocycles. The SMILES string of the molecule is CC[C@H](C)[C@H](NC(=O)c1ccc2nc[nH]c2c1)C(=O)O. The largest absolute Gasteiger partial charge is 0.480 e. The van der Waals surface area contributed by atoms with Crippen molar-refractivity contribution in [2.75, 3.05) is 0 Å². The van der Waals surface area contributed by atoms with E-state index in [1.54, 1.807) is 31.5 Å². The van der Waals surface area contributed by atoms with Crippen LogP contribution in [0, 0.1) is 5.92 Å². The van der Waals surface area contributed by atoms with Crippen molar-refractivity contribution in [3.8, 4) is 0 Å². The molecule has 6 nitrogen and oxygen atoms in total. The molecule has 0 spiro atoms. The number of H-pyrrole nitrogens is 1. The predicted octanol–water partition coefficient (Wildman–Crippen LogP) is 1.79. The van der Waals surface area contributed by atoms with Gasteiger partial charge in [0.2, 0.25) is 0 Å². The lowest BCUT2D eigenvalue weighted by Gasteiger charge is -2.20. The number of hydrogen-bond donors (Lipinski definition) is 3. The zero-order valence-electron chi connectivity index (χ0n) is 11.4. The Morgan fingerprint density at radius 3 is 2.85 bits per heavy atom. The minimum atomic E-state index is -1.02. The Balaban J connectivity index is 2.19. The van der Waals surface area contributed by atoms with Crippen molar-refractivity contribution >= 4 is 22.9 Å². The van der Waals surface area contributed by atoms with Gasteiger partial charge in [0.1, 0.15) is 6.04 Å². The molecule has 0 bridgehead atoms. The quantitative estimate of drug-likeness (QED) is 0.775. The van der Waals surface area contributed by atoms with Crippen LogP contribution in [0.5, 0.6) is 0 Å². The second kappa shape index (κ2) is 5.73. The van der Waals surface area contributed by atoms with Gasteiger partial charge in [0.25, 0.3) is 5.91 Å². The number of aromatic amines is 1. The maximum absolute atomic E-state index is 12.1. The first-order valence-corrected chi connectivity index (χ1v) is 6.49. The number of carboxylic acid groups (broad SMARTS) is 1. The number of nitrogens with one attached hydrogen (secondary N) is 2. The van der Waals surface area contributed by atoms with Crippen LogP contribution in [0.2, 0.25) is 0 Å². The molecule has 0 aliphatic rings. The van der Waals surface area contributed by atoms with Crippen LogP contribution in [0.1, 0.15) is 30.6 Å². The van der Waals surface area contributed by atoms with E-state index in [1.165, 1.54) is 0 Å². The second-order valence-corrected chi connectivity index (χ2v) is 4.81. The molecule has 2 aromatic rings. The maximum atomic E-state index is 12.1. The predicted molar refractivity (Wildman–Crippen MR) is 74.4 cm³/mol. The number of hydrogen-bond acceptors (Lipinski definition) is 3. The molecule has 1 aromatic heterocycles. The average Bonchev–Trinajstić information content (AvgIpc) is 2.90. The van der Waals surface area contributed by atoms with Gasteiger partial charge in [-0.3, -0.25) is 4.79 Å². The molecule has 3 N–H and O–H groups in total. The number of rotatable bonds is 5. The highest BCUT2D eigenvalue weighted by molar-refractivity contribution is 5.99. The molecule has 6 heteroatoms. The zero-order chi connectivity index (χ0) is 14.7. The minimum absolute atomic E-state index is 0.132. The molecule has 106 valence electrons. The van der Waals surface area contributed by atoms with Gasteiger partial charge >= 0.3 is 5.97 Å². The number of carbonyl (C=O) groups excluding carboxylic acids is 1. The van der Waals surface area contributed by atoms with E-state index < -0.39 is 17.9 Å². The number of fused-ring (bicyclic) bond motifs is 1. The van der Waals surface area contributed by atoms with E-state index in [-0.39, 0.29) is 5.92 Å². The molecule has 0 radical (unpaired) electrons. The number of nitrogens with zero attached hydrogens (tertiary/aromatic N) is 1. The Morgan fingerprint density at radius 1 is 1.45 bits per heavy atom. The molecule has 1 amide bonds. The van der Waals surface area contributed by atoms with Crippen LogP contribution in [0.3, 0.4) is 0 Å². The van der Waals surface area contributed by atoms with Crippen molar-refractivity contribution in [1.29, 1.82) is 0 Å². The van der Waals surface area contributed by atoms with Gasteiger partial charge in [-0.05, 0) is 24.1 Å². The van der Waals surface area contributed by atoms with Gasteiger partial charge in [0.05, 0.1) is 17.4 Å². The second-order valence-electron chi connectivity index (χ2n) is 4.81. The number of carbonyl (C=O) groups is 2. The molecular formula is C14H17N3O3. The van der Waals surface area contributed by atoms with Crippen LogP contribution in [0.4, 0.5) is 0 Å². The van der Waals surface area contributed by atoms with E-state index >= 15 is 0 Å². The number of carboxylic acids is 1. The highest BCUT2D eigenvalue weighted by Gasteiger charge is 2.25. The minimum Gasteiger partial charge on any atom is -0.480 e. The summed E-state index contributed by atoms with van der Waals surface area (Å²) in [5.41, 5.74) is 1.92. The van der Waals surface area contributed by atoms with Crippen LogP contribution in [-0.2, 0) is 4.79 Å². The summed E-state index contributed by atoms with van der Waals surface area (Å²) in [4.78, 5) is 30.3. The van der Waals surface area contributed by atoms with Gasteiger partial charge in [0.15, 0.2) is 0 Å². The summed E-state index contributed by atoms with van der Waals surface area (Å²) in [6, 6.07) is 4.13. The average molecular weight is 275 g/mol. The number of aromatic nitrogens is 2. The molecule has 0 aliphatic carbocycles. The lowest BCUT2D eigenvalue weighted by molar-refractivity contribution is -0.140. The summed E-state index contributed by atoms with van der Waals surface area (Å²) in [6.45, 7) is 3.70. The number of imidazole rings is 1. The van der Waals surface area contributed by atoms with E-state index in [0.717, 1.165) is 11.0 Å². The molecule has 1 heterocycles. The third-order valence-corrected chi connectivity index (χ3v) is 3.45. The van der Waals surface area contributed by atoms with Crippen molar-refractivity contribution in [1.82, 2.24) is 15.3 Å². The summed E-state index contributed by atoms with van der Waals surface area (Å²) in [7, 11) is 0. The topological polar surface area (TPSA) is 95.1 Å². The third-order valence-electron chi connectivity index (χ3n) is 3.45. The van der Waals surface area contributed by atoms with E-state index in [1.807, 2.05) is 6.92 Å². The van der Waals surface area contributed by atoms with Crippen molar-refractivity contribution in [2.45, 2.75) is 26.3 Å². The van der Waals surface area contributed by atoms with E-state index in [9.17, 15) is 14.7 Å². The fourth-order valence-electron chi connectivity index (χ4n) is 1.98. The highest BCUT2D eigenvalue weighted by Crippen LogP contribution is 2.13. The zero-order valence-corrected chi connectivity index (χ0v) is 11.4. The Morgan fingerprint density at radius 2 is 2.20 bits per heavy atom. The summed E-state index contributed by atoms with van der Waals surface area (Å²) >= 11 is 0. The van der Waals surface area contributed by atoms with Crippen molar-refractivity contribution in [3.63, 3.8) is 0 Å². The normalized spacial score (nSPS) is 13.9. The van der Waals surface area contributed by atoms with Crippen LogP contribution < -0.4 is 5.32 Å².